The molecule has 1 heterocycles. The molecule has 0 saturated carbocycles. The Balaban J connectivity index is 2.25. The molecule has 4 nitrogen and oxygen atoms in total. The van der Waals surface area contributed by atoms with Crippen molar-refractivity contribution in [2.24, 2.45) is 5.92 Å². The number of hydrogen-bond acceptors (Lipinski definition) is 4. The summed E-state index contributed by atoms with van der Waals surface area (Å²) in [5.41, 5.74) is 3.27. The maximum absolute atomic E-state index is 11.5. The third kappa shape index (κ3) is 2.76. The topological polar surface area (TPSA) is 62.1 Å². The molecule has 2 rings (SSSR count). The highest BCUT2D eigenvalue weighted by molar-refractivity contribution is 5.75. The Hall–Kier alpha value is -2.28. The van der Waals surface area contributed by atoms with Crippen LogP contribution in [0.15, 0.2) is 30.0 Å². The highest BCUT2D eigenvalue weighted by Gasteiger charge is 2.27. The first-order chi connectivity index (χ1) is 9.15. The number of carbonyl (C=O) groups excluding carboxylic acids is 1. The molecular weight excluding hydrogens is 240 g/mol. The lowest BCUT2D eigenvalue weighted by atomic mass is 9.89. The normalized spacial score (nSPS) is 18.4. The molecule has 0 fully saturated rings. The molecule has 0 radical (unpaired) electrons. The van der Waals surface area contributed by atoms with Gasteiger partial charge in [-0.05, 0) is 30.5 Å². The van der Waals surface area contributed by atoms with E-state index in [0.717, 1.165) is 16.8 Å². The molecule has 0 unspecified atom stereocenters. The van der Waals surface area contributed by atoms with E-state index in [2.05, 4.69) is 16.1 Å². The number of benzene rings is 1. The molecule has 98 valence electrons. The largest absolute Gasteiger partial charge is 0.468 e. The van der Waals surface area contributed by atoms with Crippen LogP contribution >= 0.6 is 0 Å². The first-order valence-electron chi connectivity index (χ1n) is 6.17. The van der Waals surface area contributed by atoms with E-state index in [1.807, 2.05) is 37.3 Å². The molecule has 2 atom stereocenters. The summed E-state index contributed by atoms with van der Waals surface area (Å²) in [5, 5.41) is 12.4. The maximum atomic E-state index is 11.5. The minimum Gasteiger partial charge on any atom is -0.468 e. The van der Waals surface area contributed by atoms with Crippen molar-refractivity contribution in [3.63, 3.8) is 0 Å². The number of nitriles is 1. The number of carbonyl (C=O) groups is 1. The van der Waals surface area contributed by atoms with Crippen LogP contribution in [-0.2, 0) is 9.53 Å². The number of hydrogen-bond donors (Lipinski definition) is 1. The van der Waals surface area contributed by atoms with Gasteiger partial charge in [0.1, 0.15) is 5.92 Å². The summed E-state index contributed by atoms with van der Waals surface area (Å²) in [5.74, 6) is -1.23. The van der Waals surface area contributed by atoms with E-state index in [4.69, 9.17) is 5.26 Å². The van der Waals surface area contributed by atoms with Crippen molar-refractivity contribution in [3.8, 4) is 6.07 Å². The zero-order valence-corrected chi connectivity index (χ0v) is 11.0. The average molecular weight is 256 g/mol. The van der Waals surface area contributed by atoms with Crippen molar-refractivity contribution in [2.45, 2.75) is 19.4 Å². The van der Waals surface area contributed by atoms with Gasteiger partial charge in [0.05, 0.1) is 19.2 Å². The van der Waals surface area contributed by atoms with Gasteiger partial charge in [0.15, 0.2) is 0 Å². The Labute approximate surface area is 112 Å². The first kappa shape index (κ1) is 13.2. The van der Waals surface area contributed by atoms with E-state index in [1.54, 1.807) is 0 Å². The number of nitrogens with one attached hydrogen (secondary N) is 1. The molecule has 4 heteroatoms. The molecule has 0 aliphatic carbocycles. The molecule has 0 amide bonds. The Bertz CT molecular complexity index is 558. The van der Waals surface area contributed by atoms with Gasteiger partial charge >= 0.3 is 5.97 Å². The van der Waals surface area contributed by atoms with Gasteiger partial charge in [-0.2, -0.15) is 5.26 Å². The standard InChI is InChI=1S/C15H16N2O2/c1-10-7-11-5-3-4-6-13(11)14(17-10)8-12(9-16)15(18)19-2/h3-7,12,14,17H,8H2,1-2H3/t12-,14-/m0/s1. The summed E-state index contributed by atoms with van der Waals surface area (Å²) in [6.07, 6.45) is 2.47. The third-order valence-corrected chi connectivity index (χ3v) is 3.26. The fourth-order valence-electron chi connectivity index (χ4n) is 2.35. The van der Waals surface area contributed by atoms with Crippen molar-refractivity contribution < 1.29 is 9.53 Å². The van der Waals surface area contributed by atoms with E-state index in [0.29, 0.717) is 6.42 Å². The van der Waals surface area contributed by atoms with Gasteiger partial charge in [-0.1, -0.05) is 24.3 Å². The predicted octanol–water partition coefficient (Wildman–Crippen LogP) is 2.39. The quantitative estimate of drug-likeness (QED) is 0.843. The zero-order chi connectivity index (χ0) is 13.8. The van der Waals surface area contributed by atoms with Crippen molar-refractivity contribution in [1.29, 1.82) is 5.26 Å². The minimum absolute atomic E-state index is 0.0371. The Morgan fingerprint density at radius 3 is 2.95 bits per heavy atom. The lowest BCUT2D eigenvalue weighted by Gasteiger charge is -2.27. The highest BCUT2D eigenvalue weighted by Crippen LogP contribution is 2.30. The van der Waals surface area contributed by atoms with Crippen molar-refractivity contribution in [3.05, 3.63) is 41.1 Å². The van der Waals surface area contributed by atoms with Gasteiger partial charge in [-0.3, -0.25) is 4.79 Å². The highest BCUT2D eigenvalue weighted by atomic mass is 16.5. The second kappa shape index (κ2) is 5.57. The maximum Gasteiger partial charge on any atom is 0.323 e. The van der Waals surface area contributed by atoms with E-state index >= 15 is 0 Å². The molecule has 1 N–H and O–H groups in total. The molecule has 19 heavy (non-hydrogen) atoms. The van der Waals surface area contributed by atoms with Crippen LogP contribution in [0.4, 0.5) is 0 Å². The number of fused-ring (bicyclic) bond motifs is 1. The number of allylic oxidation sites excluding steroid dienone is 1. The summed E-state index contributed by atoms with van der Waals surface area (Å²) in [6.45, 7) is 1.97. The summed E-state index contributed by atoms with van der Waals surface area (Å²) < 4.78 is 4.66. The second-order valence-electron chi connectivity index (χ2n) is 4.59. The molecule has 0 spiro atoms. The van der Waals surface area contributed by atoms with Gasteiger partial charge < -0.3 is 10.1 Å². The molecular formula is C15H16N2O2. The smallest absolute Gasteiger partial charge is 0.323 e. The number of esters is 1. The Morgan fingerprint density at radius 1 is 1.53 bits per heavy atom. The fourth-order valence-corrected chi connectivity index (χ4v) is 2.35. The molecule has 0 saturated heterocycles. The summed E-state index contributed by atoms with van der Waals surface area (Å²) in [6, 6.07) is 9.96. The first-order valence-corrected chi connectivity index (χ1v) is 6.17. The lowest BCUT2D eigenvalue weighted by Crippen LogP contribution is -2.28. The van der Waals surface area contributed by atoms with Crippen LogP contribution in [0.25, 0.3) is 6.08 Å². The van der Waals surface area contributed by atoms with E-state index < -0.39 is 11.9 Å². The molecule has 1 aliphatic rings. The fraction of sp³-hybridized carbons (Fsp3) is 0.333. The molecule has 1 aromatic carbocycles. The number of methoxy groups -OCH3 is 1. The summed E-state index contributed by atoms with van der Waals surface area (Å²) >= 11 is 0. The monoisotopic (exact) mass is 256 g/mol. The number of nitrogens with zero attached hydrogens (tertiary/aromatic N) is 1. The van der Waals surface area contributed by atoms with Crippen LogP contribution in [0, 0.1) is 17.2 Å². The van der Waals surface area contributed by atoms with Crippen LogP contribution in [0.2, 0.25) is 0 Å². The lowest BCUT2D eigenvalue weighted by molar-refractivity contribution is -0.143. The Kier molecular flexibility index (Phi) is 3.86. The van der Waals surface area contributed by atoms with Gasteiger partial charge in [0.2, 0.25) is 0 Å². The predicted molar refractivity (Wildman–Crippen MR) is 71.7 cm³/mol. The van der Waals surface area contributed by atoms with Crippen LogP contribution in [-0.4, -0.2) is 13.1 Å². The minimum atomic E-state index is -0.749. The Morgan fingerprint density at radius 2 is 2.26 bits per heavy atom. The molecule has 1 aliphatic heterocycles. The van der Waals surface area contributed by atoms with Gasteiger partial charge in [-0.25, -0.2) is 0 Å². The number of rotatable bonds is 3. The summed E-state index contributed by atoms with van der Waals surface area (Å²) in [7, 11) is 1.31. The summed E-state index contributed by atoms with van der Waals surface area (Å²) in [4.78, 5) is 11.5. The third-order valence-electron chi connectivity index (χ3n) is 3.26. The van der Waals surface area contributed by atoms with Gasteiger partial charge in [0.25, 0.3) is 0 Å². The zero-order valence-electron chi connectivity index (χ0n) is 11.0. The molecule has 0 aromatic heterocycles. The van der Waals surface area contributed by atoms with Crippen molar-refractivity contribution >= 4 is 12.0 Å². The van der Waals surface area contributed by atoms with Crippen LogP contribution < -0.4 is 5.32 Å². The average Bonchev–Trinajstić information content (AvgIpc) is 2.43. The SMILES string of the molecule is COC(=O)[C@H](C#N)C[C@@H]1NC(C)=Cc2ccccc21. The second-order valence-corrected chi connectivity index (χ2v) is 4.59. The van der Waals surface area contributed by atoms with Crippen LogP contribution in [0.5, 0.6) is 0 Å². The van der Waals surface area contributed by atoms with E-state index in [1.165, 1.54) is 7.11 Å². The van der Waals surface area contributed by atoms with E-state index in [9.17, 15) is 4.79 Å². The van der Waals surface area contributed by atoms with Gasteiger partial charge in [-0.15, -0.1) is 0 Å². The van der Waals surface area contributed by atoms with Crippen molar-refractivity contribution in [1.82, 2.24) is 5.32 Å². The van der Waals surface area contributed by atoms with Crippen LogP contribution in [0.1, 0.15) is 30.5 Å². The molecule has 0 bridgehead atoms. The number of ether oxygens (including phenoxy) is 1. The van der Waals surface area contributed by atoms with Crippen molar-refractivity contribution in [2.75, 3.05) is 7.11 Å². The van der Waals surface area contributed by atoms with E-state index in [-0.39, 0.29) is 6.04 Å². The molecule has 1 aromatic rings. The van der Waals surface area contributed by atoms with Gasteiger partial charge in [0, 0.05) is 5.70 Å². The van der Waals surface area contributed by atoms with Crippen LogP contribution in [0.3, 0.4) is 0 Å².